The van der Waals surface area contributed by atoms with Crippen LogP contribution in [0.4, 0.5) is 0 Å². The minimum Gasteiger partial charge on any atom is -0.378 e. The molecule has 11 heavy (non-hydrogen) atoms. The summed E-state index contributed by atoms with van der Waals surface area (Å²) in [6, 6.07) is 0. The van der Waals surface area contributed by atoms with Crippen LogP contribution in [-0.4, -0.2) is 24.7 Å². The molecule has 2 unspecified atom stereocenters. The zero-order valence-corrected chi connectivity index (χ0v) is 7.59. The van der Waals surface area contributed by atoms with Gasteiger partial charge in [-0.25, -0.2) is 0 Å². The molecule has 0 spiro atoms. The summed E-state index contributed by atoms with van der Waals surface area (Å²) in [5.41, 5.74) is -0.406. The molecular weight excluding hydrogens is 142 g/mol. The summed E-state index contributed by atoms with van der Waals surface area (Å²) < 4.78 is 0. The summed E-state index contributed by atoms with van der Waals surface area (Å²) in [5.74, 6) is -0.148. The summed E-state index contributed by atoms with van der Waals surface area (Å²) in [6.07, 6.45) is 0.225. The molecule has 0 bridgehead atoms. The molecule has 3 nitrogen and oxygen atoms in total. The van der Waals surface area contributed by atoms with Crippen LogP contribution in [0.3, 0.4) is 0 Å². The maximum Gasteiger partial charge on any atom is 0.123 e. The highest BCUT2D eigenvalue weighted by Gasteiger charge is 2.32. The largest absolute Gasteiger partial charge is 0.378 e. The van der Waals surface area contributed by atoms with Gasteiger partial charge in [0, 0.05) is 11.3 Å². The Morgan fingerprint density at radius 3 is 2.27 bits per heavy atom. The topological polar surface area (TPSA) is 49.3 Å². The Morgan fingerprint density at radius 2 is 2.00 bits per heavy atom. The molecule has 0 fully saturated rings. The minimum atomic E-state index is -0.636. The molecule has 0 heterocycles. The van der Waals surface area contributed by atoms with Crippen LogP contribution in [0.15, 0.2) is 0 Å². The number of hydrogen-bond acceptors (Lipinski definition) is 3. The SMILES string of the molecule is CNC(O)C(C)(C)C(C)C=O. The average molecular weight is 159 g/mol. The van der Waals surface area contributed by atoms with Crippen molar-refractivity contribution in [3.8, 4) is 0 Å². The first kappa shape index (κ1) is 10.6. The third-order valence-electron chi connectivity index (χ3n) is 2.36. The second-order valence-electron chi connectivity index (χ2n) is 3.44. The smallest absolute Gasteiger partial charge is 0.123 e. The van der Waals surface area contributed by atoms with Crippen molar-refractivity contribution >= 4 is 6.29 Å². The van der Waals surface area contributed by atoms with Crippen LogP contribution in [0.25, 0.3) is 0 Å². The third-order valence-corrected chi connectivity index (χ3v) is 2.36. The molecule has 0 aromatic carbocycles. The lowest BCUT2D eigenvalue weighted by Crippen LogP contribution is -2.44. The summed E-state index contributed by atoms with van der Waals surface area (Å²) in [5, 5.41) is 12.1. The van der Waals surface area contributed by atoms with Gasteiger partial charge in [-0.3, -0.25) is 5.32 Å². The van der Waals surface area contributed by atoms with Crippen molar-refractivity contribution < 1.29 is 9.90 Å². The van der Waals surface area contributed by atoms with Crippen molar-refractivity contribution in [3.05, 3.63) is 0 Å². The first-order chi connectivity index (χ1) is 4.96. The number of carbonyl (C=O) groups is 1. The lowest BCUT2D eigenvalue weighted by atomic mass is 9.79. The van der Waals surface area contributed by atoms with E-state index in [1.807, 2.05) is 13.8 Å². The third kappa shape index (κ3) is 2.27. The van der Waals surface area contributed by atoms with E-state index in [2.05, 4.69) is 5.32 Å². The van der Waals surface area contributed by atoms with E-state index in [0.717, 1.165) is 6.29 Å². The van der Waals surface area contributed by atoms with Gasteiger partial charge in [0.2, 0.25) is 0 Å². The van der Waals surface area contributed by atoms with Gasteiger partial charge in [-0.05, 0) is 7.05 Å². The lowest BCUT2D eigenvalue weighted by Gasteiger charge is -2.33. The van der Waals surface area contributed by atoms with Gasteiger partial charge in [0.05, 0.1) is 0 Å². The quantitative estimate of drug-likeness (QED) is 0.460. The molecule has 0 saturated carbocycles. The molecule has 0 radical (unpaired) electrons. The van der Waals surface area contributed by atoms with Crippen molar-refractivity contribution in [1.82, 2.24) is 5.32 Å². The Labute approximate surface area is 67.8 Å². The zero-order valence-electron chi connectivity index (χ0n) is 7.59. The van der Waals surface area contributed by atoms with Crippen molar-refractivity contribution in [1.29, 1.82) is 0 Å². The molecule has 0 aromatic rings. The fourth-order valence-corrected chi connectivity index (χ4v) is 0.796. The van der Waals surface area contributed by atoms with Crippen LogP contribution in [0.2, 0.25) is 0 Å². The number of hydrogen-bond donors (Lipinski definition) is 2. The van der Waals surface area contributed by atoms with Gasteiger partial charge in [0.15, 0.2) is 0 Å². The van der Waals surface area contributed by atoms with Gasteiger partial charge < -0.3 is 9.90 Å². The average Bonchev–Trinajstić information content (AvgIpc) is 2.01. The van der Waals surface area contributed by atoms with Crippen LogP contribution < -0.4 is 5.32 Å². The van der Waals surface area contributed by atoms with Crippen LogP contribution in [0, 0.1) is 11.3 Å². The molecule has 2 atom stereocenters. The Bertz CT molecular complexity index is 134. The number of nitrogens with one attached hydrogen (secondary N) is 1. The number of rotatable bonds is 4. The summed E-state index contributed by atoms with van der Waals surface area (Å²) in [6.45, 7) is 5.51. The van der Waals surface area contributed by atoms with Crippen molar-refractivity contribution in [3.63, 3.8) is 0 Å². The van der Waals surface area contributed by atoms with E-state index < -0.39 is 11.6 Å². The van der Waals surface area contributed by atoms with E-state index in [0.29, 0.717) is 0 Å². The van der Waals surface area contributed by atoms with Crippen molar-refractivity contribution in [2.45, 2.75) is 27.0 Å². The number of aldehydes is 1. The van der Waals surface area contributed by atoms with Crippen molar-refractivity contribution in [2.75, 3.05) is 7.05 Å². The van der Waals surface area contributed by atoms with Gasteiger partial charge in [0.1, 0.15) is 12.5 Å². The fourth-order valence-electron chi connectivity index (χ4n) is 0.796. The first-order valence-corrected chi connectivity index (χ1v) is 3.77. The standard InChI is InChI=1S/C8H17NO2/c1-6(5-10)8(2,3)7(11)9-4/h5-7,9,11H,1-4H3. The van der Waals surface area contributed by atoms with E-state index in [9.17, 15) is 9.90 Å². The maximum atomic E-state index is 10.4. The molecule has 0 aliphatic rings. The second-order valence-corrected chi connectivity index (χ2v) is 3.44. The van der Waals surface area contributed by atoms with Gasteiger partial charge >= 0.3 is 0 Å². The molecule has 0 aliphatic heterocycles. The first-order valence-electron chi connectivity index (χ1n) is 3.77. The number of aliphatic hydroxyl groups excluding tert-OH is 1. The number of aliphatic hydroxyl groups is 1. The summed E-state index contributed by atoms with van der Waals surface area (Å²) in [7, 11) is 1.67. The van der Waals surface area contributed by atoms with Crippen LogP contribution in [-0.2, 0) is 4.79 Å². The highest BCUT2D eigenvalue weighted by Crippen LogP contribution is 2.27. The van der Waals surface area contributed by atoms with Crippen LogP contribution in [0.5, 0.6) is 0 Å². The molecule has 0 amide bonds. The van der Waals surface area contributed by atoms with E-state index in [1.165, 1.54) is 0 Å². The zero-order chi connectivity index (χ0) is 9.07. The molecule has 66 valence electrons. The monoisotopic (exact) mass is 159 g/mol. The molecule has 0 saturated heterocycles. The molecule has 3 heteroatoms. The van der Waals surface area contributed by atoms with Crippen LogP contribution in [0.1, 0.15) is 20.8 Å². The van der Waals surface area contributed by atoms with E-state index >= 15 is 0 Å². The summed E-state index contributed by atoms with van der Waals surface area (Å²) >= 11 is 0. The van der Waals surface area contributed by atoms with Crippen LogP contribution >= 0.6 is 0 Å². The predicted molar refractivity (Wildman–Crippen MR) is 44.1 cm³/mol. The minimum absolute atomic E-state index is 0.148. The predicted octanol–water partition coefficient (Wildman–Crippen LogP) is 0.385. The highest BCUT2D eigenvalue weighted by molar-refractivity contribution is 5.54. The molecule has 0 rings (SSSR count). The Balaban J connectivity index is 4.29. The van der Waals surface area contributed by atoms with Gasteiger partial charge in [-0.15, -0.1) is 0 Å². The second kappa shape index (κ2) is 3.83. The summed E-state index contributed by atoms with van der Waals surface area (Å²) in [4.78, 5) is 10.4. The maximum absolute atomic E-state index is 10.4. The molecule has 0 aromatic heterocycles. The van der Waals surface area contributed by atoms with E-state index in [-0.39, 0.29) is 5.92 Å². The lowest BCUT2D eigenvalue weighted by molar-refractivity contribution is -0.117. The molecule has 2 N–H and O–H groups in total. The van der Waals surface area contributed by atoms with Gasteiger partial charge in [0.25, 0.3) is 0 Å². The van der Waals surface area contributed by atoms with Crippen molar-refractivity contribution in [2.24, 2.45) is 11.3 Å². The Hall–Kier alpha value is -0.410. The fraction of sp³-hybridized carbons (Fsp3) is 0.875. The van der Waals surface area contributed by atoms with Gasteiger partial charge in [-0.1, -0.05) is 20.8 Å². The Morgan fingerprint density at radius 1 is 1.55 bits per heavy atom. The Kier molecular flexibility index (Phi) is 3.69. The molecule has 0 aliphatic carbocycles. The van der Waals surface area contributed by atoms with E-state index in [4.69, 9.17) is 0 Å². The normalized spacial score (nSPS) is 17.5. The molecular formula is C8H17NO2. The highest BCUT2D eigenvalue weighted by atomic mass is 16.3. The van der Waals surface area contributed by atoms with Gasteiger partial charge in [-0.2, -0.15) is 0 Å². The number of carbonyl (C=O) groups excluding carboxylic acids is 1. The van der Waals surface area contributed by atoms with E-state index in [1.54, 1.807) is 14.0 Å².